The van der Waals surface area contributed by atoms with Crippen LogP contribution in [0, 0.1) is 6.92 Å². The molecule has 0 aliphatic carbocycles. The van der Waals surface area contributed by atoms with Gasteiger partial charge < -0.3 is 14.9 Å². The number of aryl methyl sites for hydroxylation is 1. The summed E-state index contributed by atoms with van der Waals surface area (Å²) in [7, 11) is 0. The summed E-state index contributed by atoms with van der Waals surface area (Å²) in [5, 5.41) is 10.4. The molecule has 5 rings (SSSR count). The predicted molar refractivity (Wildman–Crippen MR) is 154 cm³/mol. The van der Waals surface area contributed by atoms with E-state index in [1.807, 2.05) is 38.7 Å². The summed E-state index contributed by atoms with van der Waals surface area (Å²) in [4.78, 5) is 54.3. The van der Waals surface area contributed by atoms with Gasteiger partial charge in [0.1, 0.15) is 12.1 Å². The van der Waals surface area contributed by atoms with Gasteiger partial charge in [-0.05, 0) is 43.5 Å². The zero-order valence-corrected chi connectivity index (χ0v) is 23.4. The molecule has 1 N–H and O–H groups in total. The Morgan fingerprint density at radius 1 is 1.18 bits per heavy atom. The molecule has 1 amide bonds. The van der Waals surface area contributed by atoms with E-state index in [0.29, 0.717) is 50.9 Å². The molecule has 10 nitrogen and oxygen atoms in total. The number of amides is 1. The number of carbonyl (C=O) groups excluding carboxylic acids is 1. The number of carboxylic acid groups (broad SMARTS) is 1. The summed E-state index contributed by atoms with van der Waals surface area (Å²) in [5.74, 6) is 0.403. The van der Waals surface area contributed by atoms with E-state index in [4.69, 9.17) is 16.6 Å². The lowest BCUT2D eigenvalue weighted by Crippen LogP contribution is -2.54. The van der Waals surface area contributed by atoms with Gasteiger partial charge in [0.05, 0.1) is 27.5 Å². The van der Waals surface area contributed by atoms with Crippen LogP contribution in [0.4, 0.5) is 10.6 Å². The highest BCUT2D eigenvalue weighted by molar-refractivity contribution is 6.33. The number of carbonyl (C=O) groups is 2. The van der Waals surface area contributed by atoms with Gasteiger partial charge in [-0.1, -0.05) is 43.6 Å². The summed E-state index contributed by atoms with van der Waals surface area (Å²) in [6, 6.07) is 10.3. The zero-order chi connectivity index (χ0) is 28.7. The molecular weight excluding hydrogens is 532 g/mol. The second kappa shape index (κ2) is 10.7. The van der Waals surface area contributed by atoms with Gasteiger partial charge in [-0.25, -0.2) is 19.1 Å². The van der Waals surface area contributed by atoms with Crippen molar-refractivity contribution in [2.75, 3.05) is 24.5 Å². The standard InChI is InChI=1S/C29H29ClN6O4/c1-16(2)23-25(17(3)8-9-31-23)36-27-21(13-22(30)24(32-27)20-7-5-6-19(12-20)15-37)26(33-28(36)38)35-11-10-34(29(39)40)14-18(35)4/h5-9,12-13,15-16,18H,10-11,14H2,1-4H3,(H,39,40)/t18-/m0/s1. The highest BCUT2D eigenvalue weighted by Crippen LogP contribution is 2.35. The highest BCUT2D eigenvalue weighted by Gasteiger charge is 2.31. The van der Waals surface area contributed by atoms with Crippen LogP contribution in [0.5, 0.6) is 0 Å². The van der Waals surface area contributed by atoms with Crippen LogP contribution in [0.2, 0.25) is 5.02 Å². The molecule has 206 valence electrons. The summed E-state index contributed by atoms with van der Waals surface area (Å²) in [6.45, 7) is 8.69. The van der Waals surface area contributed by atoms with Crippen molar-refractivity contribution in [3.63, 3.8) is 0 Å². The van der Waals surface area contributed by atoms with E-state index < -0.39 is 11.8 Å². The van der Waals surface area contributed by atoms with Crippen molar-refractivity contribution in [1.29, 1.82) is 0 Å². The first kappa shape index (κ1) is 27.3. The third-order valence-corrected chi connectivity index (χ3v) is 7.48. The number of hydrogen-bond donors (Lipinski definition) is 1. The largest absolute Gasteiger partial charge is 0.465 e. The Morgan fingerprint density at radius 3 is 2.62 bits per heavy atom. The Kier molecular flexibility index (Phi) is 7.29. The van der Waals surface area contributed by atoms with E-state index in [1.54, 1.807) is 36.5 Å². The maximum atomic E-state index is 13.9. The lowest BCUT2D eigenvalue weighted by atomic mass is 10.0. The number of pyridine rings is 2. The summed E-state index contributed by atoms with van der Waals surface area (Å²) in [5.41, 5.74) is 3.50. The monoisotopic (exact) mass is 560 g/mol. The summed E-state index contributed by atoms with van der Waals surface area (Å²) >= 11 is 6.81. The Morgan fingerprint density at radius 2 is 1.95 bits per heavy atom. The molecule has 1 fully saturated rings. The number of benzene rings is 1. The molecule has 0 spiro atoms. The molecule has 4 aromatic rings. The van der Waals surface area contributed by atoms with Gasteiger partial charge in [-0.3, -0.25) is 9.78 Å². The van der Waals surface area contributed by atoms with E-state index in [0.717, 1.165) is 17.5 Å². The van der Waals surface area contributed by atoms with E-state index in [2.05, 4.69) is 9.97 Å². The van der Waals surface area contributed by atoms with Gasteiger partial charge >= 0.3 is 11.8 Å². The number of fused-ring (bicyclic) bond motifs is 1. The molecule has 0 saturated carbocycles. The maximum Gasteiger partial charge on any atom is 0.407 e. The van der Waals surface area contributed by atoms with E-state index in [9.17, 15) is 19.5 Å². The van der Waals surface area contributed by atoms with Crippen molar-refractivity contribution in [3.05, 3.63) is 74.9 Å². The quantitative estimate of drug-likeness (QED) is 0.341. The minimum Gasteiger partial charge on any atom is -0.465 e. The van der Waals surface area contributed by atoms with Gasteiger partial charge in [0.25, 0.3) is 0 Å². The molecule has 0 unspecified atom stereocenters. The van der Waals surface area contributed by atoms with Crippen LogP contribution >= 0.6 is 11.6 Å². The number of aldehydes is 1. The lowest BCUT2D eigenvalue weighted by Gasteiger charge is -2.39. The SMILES string of the molecule is Cc1ccnc(C(C)C)c1-n1c(=O)nc(N2CCN(C(=O)O)C[C@@H]2C)c2cc(Cl)c(-c3cccc(C=O)c3)nc21. The van der Waals surface area contributed by atoms with Gasteiger partial charge in [0, 0.05) is 43.0 Å². The van der Waals surface area contributed by atoms with Crippen LogP contribution in [0.1, 0.15) is 48.3 Å². The molecule has 1 aromatic carbocycles. The Hall–Kier alpha value is -4.31. The molecule has 0 bridgehead atoms. The third-order valence-electron chi connectivity index (χ3n) is 7.19. The van der Waals surface area contributed by atoms with Crippen LogP contribution in [0.3, 0.4) is 0 Å². The summed E-state index contributed by atoms with van der Waals surface area (Å²) in [6.07, 6.45) is 1.48. The van der Waals surface area contributed by atoms with Crippen LogP contribution in [0.15, 0.2) is 47.4 Å². The normalized spacial score (nSPS) is 15.6. The number of nitrogens with zero attached hydrogens (tertiary/aromatic N) is 6. The average molecular weight is 561 g/mol. The molecule has 1 saturated heterocycles. The lowest BCUT2D eigenvalue weighted by molar-refractivity contribution is 0.112. The first-order chi connectivity index (χ1) is 19.1. The van der Waals surface area contributed by atoms with Crippen molar-refractivity contribution in [3.8, 4) is 16.9 Å². The minimum absolute atomic E-state index is 0.0108. The summed E-state index contributed by atoms with van der Waals surface area (Å²) < 4.78 is 1.48. The Balaban J connectivity index is 1.83. The topological polar surface area (TPSA) is 122 Å². The molecule has 40 heavy (non-hydrogen) atoms. The zero-order valence-electron chi connectivity index (χ0n) is 22.6. The van der Waals surface area contributed by atoms with Crippen molar-refractivity contribution >= 4 is 40.8 Å². The van der Waals surface area contributed by atoms with Crippen molar-refractivity contribution in [1.82, 2.24) is 24.4 Å². The number of halogens is 1. The first-order valence-corrected chi connectivity index (χ1v) is 13.4. The molecule has 3 aromatic heterocycles. The van der Waals surface area contributed by atoms with E-state index in [-0.39, 0.29) is 25.0 Å². The molecule has 0 radical (unpaired) electrons. The van der Waals surface area contributed by atoms with E-state index >= 15 is 0 Å². The molecule has 1 aliphatic rings. The highest BCUT2D eigenvalue weighted by atomic mass is 35.5. The van der Waals surface area contributed by atoms with Crippen molar-refractivity contribution in [2.45, 2.75) is 39.7 Å². The number of rotatable bonds is 5. The van der Waals surface area contributed by atoms with Crippen LogP contribution in [-0.4, -0.2) is 67.6 Å². The number of aromatic nitrogens is 4. The predicted octanol–water partition coefficient (Wildman–Crippen LogP) is 4.93. The third kappa shape index (κ3) is 4.79. The second-order valence-electron chi connectivity index (χ2n) is 10.3. The van der Waals surface area contributed by atoms with Gasteiger partial charge in [0.15, 0.2) is 5.65 Å². The van der Waals surface area contributed by atoms with Gasteiger partial charge in [-0.15, -0.1) is 0 Å². The fraction of sp³-hybridized carbons (Fsp3) is 0.310. The Labute approximate surface area is 235 Å². The van der Waals surface area contributed by atoms with Crippen LogP contribution < -0.4 is 10.6 Å². The number of piperazine rings is 1. The molecular formula is C29H29ClN6O4. The first-order valence-electron chi connectivity index (χ1n) is 13.0. The van der Waals surface area contributed by atoms with Gasteiger partial charge in [0.2, 0.25) is 0 Å². The molecule has 1 atom stereocenters. The molecule has 11 heteroatoms. The fourth-order valence-corrected chi connectivity index (χ4v) is 5.48. The average Bonchev–Trinajstić information content (AvgIpc) is 2.93. The smallest absolute Gasteiger partial charge is 0.407 e. The molecule has 1 aliphatic heterocycles. The fourth-order valence-electron chi connectivity index (χ4n) is 5.22. The van der Waals surface area contributed by atoms with E-state index in [1.165, 1.54) is 9.47 Å². The Bertz CT molecular complexity index is 1700. The maximum absolute atomic E-state index is 13.9. The molecule has 4 heterocycles. The van der Waals surface area contributed by atoms with Gasteiger partial charge in [-0.2, -0.15) is 4.98 Å². The van der Waals surface area contributed by atoms with Crippen LogP contribution in [-0.2, 0) is 0 Å². The van der Waals surface area contributed by atoms with Crippen molar-refractivity contribution in [2.24, 2.45) is 0 Å². The number of hydrogen-bond acceptors (Lipinski definition) is 7. The van der Waals surface area contributed by atoms with Crippen molar-refractivity contribution < 1.29 is 14.7 Å². The number of anilines is 1. The van der Waals surface area contributed by atoms with Crippen LogP contribution in [0.25, 0.3) is 28.0 Å². The minimum atomic E-state index is -0.986. The second-order valence-corrected chi connectivity index (χ2v) is 10.7.